The third-order valence-electron chi connectivity index (χ3n) is 4.75. The summed E-state index contributed by atoms with van der Waals surface area (Å²) >= 11 is 0. The first-order valence-corrected chi connectivity index (χ1v) is 10.5. The molecule has 2 N–H and O–H groups in total. The zero-order valence-corrected chi connectivity index (χ0v) is 18.5. The van der Waals surface area contributed by atoms with E-state index in [0.29, 0.717) is 23.5 Å². The predicted molar refractivity (Wildman–Crippen MR) is 125 cm³/mol. The number of hydrogen-bond donors (Lipinski definition) is 2. The fourth-order valence-electron chi connectivity index (χ4n) is 2.97. The Morgan fingerprint density at radius 3 is 2.27 bits per heavy atom. The summed E-state index contributed by atoms with van der Waals surface area (Å²) in [6.45, 7) is 3.40. The number of esters is 1. The topological polar surface area (TPSA) is 93.7 Å². The largest absolute Gasteiger partial charge is 0.479 e. The zero-order chi connectivity index (χ0) is 23.6. The van der Waals surface area contributed by atoms with E-state index >= 15 is 0 Å². The Bertz CT molecular complexity index is 1100. The minimum Gasteiger partial charge on any atom is -0.479 e. The van der Waals surface area contributed by atoms with Crippen LogP contribution in [0.1, 0.15) is 28.4 Å². The lowest BCUT2D eigenvalue weighted by atomic mass is 10.1. The Labute approximate surface area is 192 Å². The highest BCUT2D eigenvalue weighted by molar-refractivity contribution is 6.04. The van der Waals surface area contributed by atoms with Crippen molar-refractivity contribution in [3.63, 3.8) is 0 Å². The van der Waals surface area contributed by atoms with Crippen LogP contribution in [0.25, 0.3) is 0 Å². The normalized spacial score (nSPS) is 11.2. The van der Waals surface area contributed by atoms with Crippen molar-refractivity contribution in [3.8, 4) is 5.75 Å². The first-order valence-electron chi connectivity index (χ1n) is 10.5. The Kier molecular flexibility index (Phi) is 8.18. The van der Waals surface area contributed by atoms with E-state index < -0.39 is 24.6 Å². The van der Waals surface area contributed by atoms with E-state index in [1.54, 1.807) is 55.5 Å². The van der Waals surface area contributed by atoms with E-state index in [1.165, 1.54) is 0 Å². The molecule has 7 heteroatoms. The molecule has 0 spiro atoms. The van der Waals surface area contributed by atoms with Gasteiger partial charge in [0, 0.05) is 6.54 Å². The third kappa shape index (κ3) is 7.21. The van der Waals surface area contributed by atoms with Crippen molar-refractivity contribution >= 4 is 23.5 Å². The van der Waals surface area contributed by atoms with Gasteiger partial charge in [-0.25, -0.2) is 4.79 Å². The highest BCUT2D eigenvalue weighted by Gasteiger charge is 2.19. The van der Waals surface area contributed by atoms with Gasteiger partial charge >= 0.3 is 5.97 Å². The molecule has 1 atom stereocenters. The average molecular weight is 447 g/mol. The first kappa shape index (κ1) is 23.5. The third-order valence-corrected chi connectivity index (χ3v) is 4.75. The monoisotopic (exact) mass is 446 g/mol. The summed E-state index contributed by atoms with van der Waals surface area (Å²) in [6.07, 6.45) is -0.875. The smallest absolute Gasteiger partial charge is 0.347 e. The SMILES string of the molecule is Cc1ccc(CNC(=O)c2ccccc2NC(=O)COC(=O)C(C)Oc2ccccc2)cc1. The van der Waals surface area contributed by atoms with E-state index in [0.717, 1.165) is 11.1 Å². The minimum absolute atomic E-state index is 0.310. The Hall–Kier alpha value is -4.13. The molecule has 3 rings (SSSR count). The summed E-state index contributed by atoms with van der Waals surface area (Å²) in [7, 11) is 0. The van der Waals surface area contributed by atoms with Crippen LogP contribution in [-0.4, -0.2) is 30.5 Å². The van der Waals surface area contributed by atoms with Crippen LogP contribution >= 0.6 is 0 Å². The molecule has 0 aliphatic rings. The van der Waals surface area contributed by atoms with Gasteiger partial charge in [-0.2, -0.15) is 0 Å². The number of benzene rings is 3. The highest BCUT2D eigenvalue weighted by Crippen LogP contribution is 2.16. The van der Waals surface area contributed by atoms with Crippen molar-refractivity contribution in [2.24, 2.45) is 0 Å². The molecule has 0 aliphatic carbocycles. The zero-order valence-electron chi connectivity index (χ0n) is 18.5. The molecule has 2 amide bonds. The number of aryl methyl sites for hydroxylation is 1. The molecule has 0 saturated carbocycles. The van der Waals surface area contributed by atoms with Gasteiger partial charge in [0.25, 0.3) is 11.8 Å². The second-order valence-corrected chi connectivity index (χ2v) is 7.44. The van der Waals surface area contributed by atoms with Crippen LogP contribution in [0.5, 0.6) is 5.75 Å². The molecule has 0 bridgehead atoms. The maximum atomic E-state index is 12.7. The molecule has 170 valence electrons. The number of para-hydroxylation sites is 2. The van der Waals surface area contributed by atoms with Crippen LogP contribution in [0, 0.1) is 6.92 Å². The van der Waals surface area contributed by atoms with Crippen molar-refractivity contribution in [2.75, 3.05) is 11.9 Å². The molecule has 7 nitrogen and oxygen atoms in total. The molecule has 0 aliphatic heterocycles. The standard InChI is InChI=1S/C26H26N2O5/c1-18-12-14-20(15-13-18)16-27-25(30)22-10-6-7-11-23(22)28-24(29)17-32-26(31)19(2)33-21-8-4-3-5-9-21/h3-15,19H,16-17H2,1-2H3,(H,27,30)(H,28,29). The fourth-order valence-corrected chi connectivity index (χ4v) is 2.97. The van der Waals surface area contributed by atoms with Crippen LogP contribution in [-0.2, 0) is 20.9 Å². The number of nitrogens with one attached hydrogen (secondary N) is 2. The van der Waals surface area contributed by atoms with Gasteiger partial charge < -0.3 is 20.1 Å². The number of amides is 2. The predicted octanol–water partition coefficient (Wildman–Crippen LogP) is 3.87. The van der Waals surface area contributed by atoms with Gasteiger partial charge in [-0.1, -0.05) is 60.2 Å². The highest BCUT2D eigenvalue weighted by atomic mass is 16.6. The Morgan fingerprint density at radius 1 is 0.879 bits per heavy atom. The number of ether oxygens (including phenoxy) is 2. The number of hydrogen-bond acceptors (Lipinski definition) is 5. The van der Waals surface area contributed by atoms with E-state index in [9.17, 15) is 14.4 Å². The van der Waals surface area contributed by atoms with Crippen molar-refractivity contribution in [3.05, 3.63) is 95.6 Å². The summed E-state index contributed by atoms with van der Waals surface area (Å²) in [5.41, 5.74) is 2.74. The van der Waals surface area contributed by atoms with Crippen LogP contribution in [0.15, 0.2) is 78.9 Å². The molecule has 3 aromatic rings. The number of anilines is 1. The second-order valence-electron chi connectivity index (χ2n) is 7.44. The summed E-state index contributed by atoms with van der Waals surface area (Å²) in [4.78, 5) is 37.1. The molecule has 0 saturated heterocycles. The quantitative estimate of drug-likeness (QED) is 0.487. The van der Waals surface area contributed by atoms with Crippen molar-refractivity contribution in [1.29, 1.82) is 0 Å². The minimum atomic E-state index is -0.875. The summed E-state index contributed by atoms with van der Waals surface area (Å²) in [6, 6.07) is 23.3. The Morgan fingerprint density at radius 2 is 1.55 bits per heavy atom. The summed E-state index contributed by atoms with van der Waals surface area (Å²) in [5, 5.41) is 5.47. The van der Waals surface area contributed by atoms with Gasteiger partial charge in [-0.15, -0.1) is 0 Å². The molecule has 1 unspecified atom stereocenters. The van der Waals surface area contributed by atoms with E-state index in [2.05, 4.69) is 10.6 Å². The van der Waals surface area contributed by atoms with E-state index in [4.69, 9.17) is 9.47 Å². The maximum absolute atomic E-state index is 12.7. The number of carbonyl (C=O) groups excluding carboxylic acids is 3. The van der Waals surface area contributed by atoms with Crippen molar-refractivity contribution < 1.29 is 23.9 Å². The van der Waals surface area contributed by atoms with Gasteiger partial charge in [0.2, 0.25) is 0 Å². The summed E-state index contributed by atoms with van der Waals surface area (Å²) in [5.74, 6) is -1.03. The molecule has 0 fully saturated rings. The average Bonchev–Trinajstić information content (AvgIpc) is 2.83. The molecule has 33 heavy (non-hydrogen) atoms. The Balaban J connectivity index is 1.51. The van der Waals surface area contributed by atoms with Gasteiger partial charge in [-0.05, 0) is 43.7 Å². The molecule has 3 aromatic carbocycles. The van der Waals surface area contributed by atoms with Crippen LogP contribution in [0.3, 0.4) is 0 Å². The molecule has 0 heterocycles. The first-order chi connectivity index (χ1) is 15.9. The lowest BCUT2D eigenvalue weighted by Gasteiger charge is -2.14. The van der Waals surface area contributed by atoms with Crippen LogP contribution in [0.2, 0.25) is 0 Å². The summed E-state index contributed by atoms with van der Waals surface area (Å²) < 4.78 is 10.5. The lowest BCUT2D eigenvalue weighted by Crippen LogP contribution is -2.30. The van der Waals surface area contributed by atoms with Gasteiger partial charge in [-0.3, -0.25) is 9.59 Å². The van der Waals surface area contributed by atoms with E-state index in [1.807, 2.05) is 37.3 Å². The fraction of sp³-hybridized carbons (Fsp3) is 0.192. The van der Waals surface area contributed by atoms with Crippen LogP contribution < -0.4 is 15.4 Å². The van der Waals surface area contributed by atoms with E-state index in [-0.39, 0.29) is 5.91 Å². The van der Waals surface area contributed by atoms with Gasteiger partial charge in [0.1, 0.15) is 5.75 Å². The molecule has 0 radical (unpaired) electrons. The molecular formula is C26H26N2O5. The van der Waals surface area contributed by atoms with Gasteiger partial charge in [0.05, 0.1) is 11.3 Å². The van der Waals surface area contributed by atoms with Crippen molar-refractivity contribution in [2.45, 2.75) is 26.5 Å². The van der Waals surface area contributed by atoms with Crippen molar-refractivity contribution in [1.82, 2.24) is 5.32 Å². The molecule has 0 aromatic heterocycles. The lowest BCUT2D eigenvalue weighted by molar-refractivity contribution is -0.153. The van der Waals surface area contributed by atoms with Crippen LogP contribution in [0.4, 0.5) is 5.69 Å². The number of rotatable bonds is 9. The molecular weight excluding hydrogens is 420 g/mol. The maximum Gasteiger partial charge on any atom is 0.347 e. The second kappa shape index (κ2) is 11.5. The van der Waals surface area contributed by atoms with Gasteiger partial charge in [0.15, 0.2) is 12.7 Å². The number of carbonyl (C=O) groups is 3.